The number of hydrogen-bond donors (Lipinski definition) is 0. The predicted octanol–water partition coefficient (Wildman–Crippen LogP) is 7.79. The van der Waals surface area contributed by atoms with Gasteiger partial charge in [-0.25, -0.2) is 0 Å². The van der Waals surface area contributed by atoms with Gasteiger partial charge in [-0.1, -0.05) is 15.9 Å². The average Bonchev–Trinajstić information content (AvgIpc) is 3.53. The molecule has 8 heteroatoms. The molecule has 0 unspecified atom stereocenters. The minimum atomic E-state index is 0.960. The third kappa shape index (κ3) is 2.89. The van der Waals surface area contributed by atoms with E-state index in [2.05, 4.69) is 71.1 Å². The van der Waals surface area contributed by atoms with Gasteiger partial charge in [0, 0.05) is 41.4 Å². The van der Waals surface area contributed by atoms with Gasteiger partial charge in [0.2, 0.25) is 0 Å². The molecule has 0 aliphatic rings. The summed E-state index contributed by atoms with van der Waals surface area (Å²) >= 11 is 6.65. The molecule has 0 N–H and O–H groups in total. The summed E-state index contributed by atoms with van der Waals surface area (Å²) in [5.74, 6) is 0. The highest BCUT2D eigenvalue weighted by Crippen LogP contribution is 2.45. The van der Waals surface area contributed by atoms with Crippen LogP contribution in [0.3, 0.4) is 0 Å². The second-order valence-electron chi connectivity index (χ2n) is 7.76. The highest BCUT2D eigenvalue weighted by Gasteiger charge is 2.20. The molecule has 0 radical (unpaired) electrons. The molecule has 0 saturated carbocycles. The number of hydrogen-bond acceptors (Lipinski definition) is 8. The Bertz CT molecular complexity index is 1600. The monoisotopic (exact) mass is 478 g/mol. The average molecular weight is 479 g/mol. The molecule has 2 aromatic carbocycles. The Morgan fingerprint density at radius 2 is 1.26 bits per heavy atom. The van der Waals surface area contributed by atoms with Crippen LogP contribution in [0.5, 0.6) is 0 Å². The van der Waals surface area contributed by atoms with Crippen molar-refractivity contribution >= 4 is 76.9 Å². The van der Waals surface area contributed by atoms with Crippen molar-refractivity contribution < 1.29 is 0 Å². The second-order valence-corrected chi connectivity index (χ2v) is 11.7. The predicted molar refractivity (Wildman–Crippen MR) is 136 cm³/mol. The lowest BCUT2D eigenvalue weighted by atomic mass is 10.00. The first-order chi connectivity index (χ1) is 15.0. The molecule has 0 amide bonds. The number of rotatable bonds is 3. The first-order valence-electron chi connectivity index (χ1n) is 10.1. The molecule has 4 aromatic heterocycles. The van der Waals surface area contributed by atoms with Gasteiger partial charge in [0.05, 0.1) is 9.40 Å². The molecule has 0 spiro atoms. The van der Waals surface area contributed by atoms with Gasteiger partial charge in [0.1, 0.15) is 11.0 Å². The standard InChI is InChI=1S/C23H18N4S4/c1-5-17-11(3)7-19(29-17)16-9-14-13(21-23(16)31-27-25-21)8-15(22-20(14)24-26-30-22)18-6-10(2)12(4)28-18/h6-9H,5H2,1-4H3. The van der Waals surface area contributed by atoms with Crippen molar-refractivity contribution in [3.05, 3.63) is 45.1 Å². The summed E-state index contributed by atoms with van der Waals surface area (Å²) in [5, 5.41) is 11.3. The summed E-state index contributed by atoms with van der Waals surface area (Å²) in [7, 11) is 0. The quantitative estimate of drug-likeness (QED) is 0.260. The Balaban J connectivity index is 1.72. The molecule has 6 aromatic rings. The van der Waals surface area contributed by atoms with Crippen LogP contribution in [-0.2, 0) is 6.42 Å². The Morgan fingerprint density at radius 1 is 0.710 bits per heavy atom. The van der Waals surface area contributed by atoms with E-state index in [0.29, 0.717) is 0 Å². The summed E-state index contributed by atoms with van der Waals surface area (Å²) in [4.78, 5) is 5.31. The SMILES string of the molecule is CCc1sc(-c2cc3c(cc(-c4cc(C)c(C)s4)c4snnc43)c3nnsc23)cc1C. The number of benzene rings is 2. The topological polar surface area (TPSA) is 51.6 Å². The van der Waals surface area contributed by atoms with Crippen LogP contribution in [-0.4, -0.2) is 19.2 Å². The number of aryl methyl sites for hydroxylation is 4. The number of fused-ring (bicyclic) bond motifs is 5. The van der Waals surface area contributed by atoms with Crippen molar-refractivity contribution in [2.45, 2.75) is 34.1 Å². The summed E-state index contributed by atoms with van der Waals surface area (Å²) in [5.41, 5.74) is 6.99. The minimum Gasteiger partial charge on any atom is -0.140 e. The molecular formula is C23H18N4S4. The third-order valence-electron chi connectivity index (χ3n) is 5.88. The summed E-state index contributed by atoms with van der Waals surface area (Å²) in [6.45, 7) is 8.75. The largest absolute Gasteiger partial charge is 0.140 e. The van der Waals surface area contributed by atoms with Crippen LogP contribution < -0.4 is 0 Å². The summed E-state index contributed by atoms with van der Waals surface area (Å²) < 4.78 is 11.0. The molecule has 154 valence electrons. The smallest absolute Gasteiger partial charge is 0.114 e. The second kappa shape index (κ2) is 7.13. The van der Waals surface area contributed by atoms with E-state index in [1.54, 1.807) is 0 Å². The molecule has 0 aliphatic carbocycles. The molecule has 0 fully saturated rings. The van der Waals surface area contributed by atoms with E-state index in [-0.39, 0.29) is 0 Å². The van der Waals surface area contributed by atoms with Crippen molar-refractivity contribution in [3.8, 4) is 20.9 Å². The van der Waals surface area contributed by atoms with Crippen LogP contribution in [0, 0.1) is 20.8 Å². The lowest BCUT2D eigenvalue weighted by Gasteiger charge is -2.08. The normalized spacial score (nSPS) is 12.0. The van der Waals surface area contributed by atoms with Crippen molar-refractivity contribution in [1.29, 1.82) is 0 Å². The molecule has 0 atom stereocenters. The van der Waals surface area contributed by atoms with Gasteiger partial charge in [0.15, 0.2) is 0 Å². The molecule has 0 saturated heterocycles. The van der Waals surface area contributed by atoms with E-state index >= 15 is 0 Å². The van der Waals surface area contributed by atoms with Gasteiger partial charge in [0.25, 0.3) is 0 Å². The number of thiophene rings is 2. The fourth-order valence-electron chi connectivity index (χ4n) is 4.13. The first-order valence-corrected chi connectivity index (χ1v) is 13.2. The maximum absolute atomic E-state index is 4.56. The molecule has 4 heterocycles. The van der Waals surface area contributed by atoms with Gasteiger partial charge >= 0.3 is 0 Å². The van der Waals surface area contributed by atoms with Gasteiger partial charge in [-0.15, -0.1) is 32.9 Å². The Morgan fingerprint density at radius 3 is 1.74 bits per heavy atom. The van der Waals surface area contributed by atoms with E-state index in [1.165, 1.54) is 64.8 Å². The lowest BCUT2D eigenvalue weighted by Crippen LogP contribution is -1.85. The highest BCUT2D eigenvalue weighted by atomic mass is 32.1. The van der Waals surface area contributed by atoms with E-state index in [1.807, 2.05) is 22.7 Å². The third-order valence-corrected chi connectivity index (χ3v) is 10.0. The van der Waals surface area contributed by atoms with Crippen LogP contribution in [0.1, 0.15) is 27.8 Å². The van der Waals surface area contributed by atoms with Crippen LogP contribution >= 0.6 is 45.7 Å². The van der Waals surface area contributed by atoms with Crippen molar-refractivity contribution in [3.63, 3.8) is 0 Å². The fraction of sp³-hybridized carbons (Fsp3) is 0.217. The minimum absolute atomic E-state index is 0.960. The zero-order valence-corrected chi connectivity index (χ0v) is 20.7. The van der Waals surface area contributed by atoms with Gasteiger partial charge in [-0.3, -0.25) is 0 Å². The van der Waals surface area contributed by atoms with Crippen molar-refractivity contribution in [1.82, 2.24) is 19.2 Å². The van der Waals surface area contributed by atoms with Crippen LogP contribution in [0.15, 0.2) is 24.3 Å². The van der Waals surface area contributed by atoms with Crippen molar-refractivity contribution in [2.75, 3.05) is 0 Å². The molecule has 4 nitrogen and oxygen atoms in total. The fourth-order valence-corrected chi connectivity index (χ4v) is 7.87. The van der Waals surface area contributed by atoms with E-state index in [9.17, 15) is 0 Å². The maximum atomic E-state index is 4.56. The van der Waals surface area contributed by atoms with E-state index in [4.69, 9.17) is 0 Å². The van der Waals surface area contributed by atoms with Crippen molar-refractivity contribution in [2.24, 2.45) is 0 Å². The van der Waals surface area contributed by atoms with Crippen LogP contribution in [0.4, 0.5) is 0 Å². The number of aromatic nitrogens is 4. The Kier molecular flexibility index (Phi) is 4.47. The highest BCUT2D eigenvalue weighted by molar-refractivity contribution is 7.18. The van der Waals surface area contributed by atoms with Crippen LogP contribution in [0.2, 0.25) is 0 Å². The molecular weight excluding hydrogens is 461 g/mol. The molecule has 31 heavy (non-hydrogen) atoms. The molecule has 0 bridgehead atoms. The zero-order valence-electron chi connectivity index (χ0n) is 17.4. The zero-order chi connectivity index (χ0) is 21.3. The van der Waals surface area contributed by atoms with Gasteiger partial charge in [-0.05, 0) is 85.6 Å². The molecule has 0 aliphatic heterocycles. The lowest BCUT2D eigenvalue weighted by molar-refractivity contribution is 1.16. The van der Waals surface area contributed by atoms with E-state index < -0.39 is 0 Å². The molecule has 6 rings (SSSR count). The summed E-state index contributed by atoms with van der Waals surface area (Å²) in [6.07, 6.45) is 1.05. The van der Waals surface area contributed by atoms with E-state index in [0.717, 1.165) is 37.6 Å². The Hall–Kier alpha value is -2.26. The number of nitrogens with zero attached hydrogens (tertiary/aromatic N) is 4. The maximum Gasteiger partial charge on any atom is 0.114 e. The van der Waals surface area contributed by atoms with Crippen LogP contribution in [0.25, 0.3) is 52.1 Å². The Labute approximate surface area is 195 Å². The summed E-state index contributed by atoms with van der Waals surface area (Å²) in [6, 6.07) is 9.12. The first kappa shape index (κ1) is 19.4. The van der Waals surface area contributed by atoms with Gasteiger partial charge in [-0.2, -0.15) is 0 Å². The van der Waals surface area contributed by atoms with Gasteiger partial charge < -0.3 is 0 Å².